The lowest BCUT2D eigenvalue weighted by Gasteiger charge is -2.32. The normalized spacial score (nSPS) is 20.0. The van der Waals surface area contributed by atoms with Crippen LogP contribution in [0.4, 0.5) is 4.79 Å². The Kier molecular flexibility index (Phi) is 11.3. The fourth-order valence-electron chi connectivity index (χ4n) is 6.21. The molecule has 10 heteroatoms. The molecule has 0 bridgehead atoms. The largest absolute Gasteiger partial charge is 0.492 e. The van der Waals surface area contributed by atoms with Gasteiger partial charge < -0.3 is 35.1 Å². The van der Waals surface area contributed by atoms with Gasteiger partial charge in [-0.2, -0.15) is 0 Å². The molecule has 0 radical (unpaired) electrons. The van der Waals surface area contributed by atoms with E-state index in [-0.39, 0.29) is 44.4 Å². The zero-order chi connectivity index (χ0) is 33.2. The molecule has 0 aliphatic heterocycles. The highest BCUT2D eigenvalue weighted by atomic mass is 16.6. The minimum Gasteiger partial charge on any atom is -0.492 e. The number of fused-ring (bicyclic) bond motifs is 3. The van der Waals surface area contributed by atoms with Crippen LogP contribution in [-0.4, -0.2) is 72.8 Å². The predicted molar refractivity (Wildman–Crippen MR) is 176 cm³/mol. The second-order valence-corrected chi connectivity index (χ2v) is 12.0. The molecule has 0 spiro atoms. The van der Waals surface area contributed by atoms with Gasteiger partial charge in [0.25, 0.3) is 0 Å². The Morgan fingerprint density at radius 3 is 2.32 bits per heavy atom. The third-order valence-electron chi connectivity index (χ3n) is 8.74. The molecule has 0 saturated carbocycles. The van der Waals surface area contributed by atoms with Gasteiger partial charge in [0.1, 0.15) is 36.7 Å². The van der Waals surface area contributed by atoms with Crippen LogP contribution in [0.1, 0.15) is 54.7 Å². The highest BCUT2D eigenvalue weighted by molar-refractivity contribution is 5.82. The van der Waals surface area contributed by atoms with Crippen LogP contribution in [0, 0.1) is 0 Å². The average Bonchev–Trinajstić information content (AvgIpc) is 3.40. The van der Waals surface area contributed by atoms with Crippen molar-refractivity contribution in [3.05, 3.63) is 102 Å². The molecule has 3 aromatic carbocycles. The monoisotopic (exact) mass is 642 g/mol. The van der Waals surface area contributed by atoms with Crippen molar-refractivity contribution >= 4 is 18.0 Å². The molecular weight excluding hydrogens is 600 g/mol. The summed E-state index contributed by atoms with van der Waals surface area (Å²) in [6, 6.07) is 22.2. The van der Waals surface area contributed by atoms with Crippen molar-refractivity contribution in [1.29, 1.82) is 0 Å². The van der Waals surface area contributed by atoms with Crippen LogP contribution in [-0.2, 0) is 25.5 Å². The van der Waals surface area contributed by atoms with E-state index in [0.29, 0.717) is 12.2 Å². The maximum absolute atomic E-state index is 12.8. The van der Waals surface area contributed by atoms with Crippen LogP contribution in [0.25, 0.3) is 11.1 Å². The second kappa shape index (κ2) is 15.8. The number of nitrogens with one attached hydrogen (secondary N) is 2. The zero-order valence-corrected chi connectivity index (χ0v) is 26.5. The highest BCUT2D eigenvalue weighted by Crippen LogP contribution is 2.44. The number of allylic oxidation sites excluding steroid dienone is 1. The quantitative estimate of drug-likeness (QED) is 0.129. The molecule has 2 amide bonds. The molecule has 3 atom stereocenters. The van der Waals surface area contributed by atoms with E-state index in [2.05, 4.69) is 22.8 Å². The van der Waals surface area contributed by atoms with E-state index in [1.807, 2.05) is 42.5 Å². The highest BCUT2D eigenvalue weighted by Gasteiger charge is 2.36. The fraction of sp³-hybridized carbons (Fsp3) is 0.378. The van der Waals surface area contributed by atoms with Gasteiger partial charge in [-0.3, -0.25) is 4.79 Å². The summed E-state index contributed by atoms with van der Waals surface area (Å²) in [6.07, 6.45) is 4.42. The van der Waals surface area contributed by atoms with Crippen molar-refractivity contribution in [1.82, 2.24) is 10.6 Å². The van der Waals surface area contributed by atoms with Crippen molar-refractivity contribution in [2.75, 3.05) is 26.9 Å². The number of hydrogen-bond acceptors (Lipinski definition) is 8. The molecule has 2 aliphatic carbocycles. The van der Waals surface area contributed by atoms with Crippen molar-refractivity contribution in [2.45, 2.75) is 62.2 Å². The van der Waals surface area contributed by atoms with Gasteiger partial charge >= 0.3 is 12.1 Å². The van der Waals surface area contributed by atoms with Gasteiger partial charge in [-0.1, -0.05) is 79.2 Å². The summed E-state index contributed by atoms with van der Waals surface area (Å²) in [6.45, 7) is 0.539. The number of ether oxygens (including phenoxy) is 3. The number of amides is 2. The molecule has 10 nitrogen and oxygen atoms in total. The SMILES string of the molecule is COC(=O)[C@H](Cc1ccc(OCCNC(=O)CC2(O)CCCC/C=C/C2O)cc1)NC(=O)OCC1c2ccccc2-c2ccccc21. The van der Waals surface area contributed by atoms with E-state index in [1.54, 1.807) is 30.3 Å². The summed E-state index contributed by atoms with van der Waals surface area (Å²) in [5.41, 5.74) is 3.72. The number of esters is 1. The molecule has 0 aromatic heterocycles. The van der Waals surface area contributed by atoms with E-state index in [4.69, 9.17) is 14.2 Å². The third kappa shape index (κ3) is 8.58. The van der Waals surface area contributed by atoms with Gasteiger partial charge in [0.05, 0.1) is 20.1 Å². The second-order valence-electron chi connectivity index (χ2n) is 12.0. The number of benzene rings is 3. The topological polar surface area (TPSA) is 143 Å². The van der Waals surface area contributed by atoms with Crippen LogP contribution in [0.15, 0.2) is 84.9 Å². The number of aliphatic hydroxyl groups is 2. The number of hydrogen-bond donors (Lipinski definition) is 4. The van der Waals surface area contributed by atoms with Gasteiger partial charge in [-0.05, 0) is 59.2 Å². The van der Waals surface area contributed by atoms with Crippen LogP contribution >= 0.6 is 0 Å². The van der Waals surface area contributed by atoms with Crippen molar-refractivity contribution in [3.8, 4) is 16.9 Å². The van der Waals surface area contributed by atoms with Crippen LogP contribution in [0.2, 0.25) is 0 Å². The van der Waals surface area contributed by atoms with Gasteiger partial charge in [0, 0.05) is 12.3 Å². The molecule has 2 aliphatic rings. The maximum atomic E-state index is 12.8. The Bertz CT molecular complexity index is 1530. The summed E-state index contributed by atoms with van der Waals surface area (Å²) in [7, 11) is 1.27. The predicted octanol–water partition coefficient (Wildman–Crippen LogP) is 4.42. The number of rotatable bonds is 12. The van der Waals surface area contributed by atoms with Crippen molar-refractivity contribution in [2.24, 2.45) is 0 Å². The minimum absolute atomic E-state index is 0.103. The molecule has 0 fully saturated rings. The van der Waals surface area contributed by atoms with E-state index in [9.17, 15) is 24.6 Å². The summed E-state index contributed by atoms with van der Waals surface area (Å²) in [5.74, 6) is -0.505. The molecule has 47 heavy (non-hydrogen) atoms. The Morgan fingerprint density at radius 2 is 1.64 bits per heavy atom. The minimum atomic E-state index is -1.49. The van der Waals surface area contributed by atoms with E-state index >= 15 is 0 Å². The number of carbonyl (C=O) groups is 3. The number of methoxy groups -OCH3 is 1. The summed E-state index contributed by atoms with van der Waals surface area (Å²) in [5, 5.41) is 26.5. The van der Waals surface area contributed by atoms with Gasteiger partial charge in [-0.25, -0.2) is 9.59 Å². The van der Waals surface area contributed by atoms with Gasteiger partial charge in [-0.15, -0.1) is 0 Å². The van der Waals surface area contributed by atoms with Crippen molar-refractivity contribution < 1.29 is 38.8 Å². The smallest absolute Gasteiger partial charge is 0.407 e. The Hall–Kier alpha value is -4.67. The first-order valence-electron chi connectivity index (χ1n) is 16.0. The Morgan fingerprint density at radius 1 is 0.957 bits per heavy atom. The fourth-order valence-corrected chi connectivity index (χ4v) is 6.21. The average molecular weight is 643 g/mol. The molecule has 5 rings (SSSR count). The molecule has 3 aromatic rings. The van der Waals surface area contributed by atoms with Crippen LogP contribution in [0.3, 0.4) is 0 Å². The van der Waals surface area contributed by atoms with Gasteiger partial charge in [0.2, 0.25) is 5.91 Å². The molecule has 2 unspecified atom stereocenters. The lowest BCUT2D eigenvalue weighted by molar-refractivity contribution is -0.143. The summed E-state index contributed by atoms with van der Waals surface area (Å²) >= 11 is 0. The van der Waals surface area contributed by atoms with E-state index < -0.39 is 29.8 Å². The van der Waals surface area contributed by atoms with Crippen LogP contribution < -0.4 is 15.4 Å². The number of carbonyl (C=O) groups excluding carboxylic acids is 3. The van der Waals surface area contributed by atoms with Crippen molar-refractivity contribution in [3.63, 3.8) is 0 Å². The lowest BCUT2D eigenvalue weighted by Crippen LogP contribution is -2.46. The third-order valence-corrected chi connectivity index (χ3v) is 8.74. The zero-order valence-electron chi connectivity index (χ0n) is 26.5. The first-order valence-corrected chi connectivity index (χ1v) is 16.0. The Balaban J connectivity index is 1.08. The molecule has 0 heterocycles. The van der Waals surface area contributed by atoms with E-state index in [0.717, 1.165) is 47.1 Å². The lowest BCUT2D eigenvalue weighted by atomic mass is 9.84. The number of aliphatic hydroxyl groups excluding tert-OH is 1. The standard InChI is InChI=1S/C37H42N2O8/c1-45-35(42)32(39-36(43)47-24-31-29-12-7-5-10-27(29)28-11-6-8-13-30(28)31)22-25-15-17-26(18-16-25)46-21-20-38-34(41)23-37(44)19-9-3-2-4-14-33(37)40/h4-8,10-18,31-33,40,44H,2-3,9,19-24H2,1H3,(H,38,41)(H,39,43)/b14-4+/t32-,33?,37?/m0/s1. The summed E-state index contributed by atoms with van der Waals surface area (Å²) < 4.78 is 16.3. The maximum Gasteiger partial charge on any atom is 0.407 e. The molecular formula is C37H42N2O8. The first-order chi connectivity index (χ1) is 22.8. The first kappa shape index (κ1) is 33.7. The molecule has 0 saturated heterocycles. The number of alkyl carbamates (subject to hydrolysis) is 1. The molecule has 4 N–H and O–H groups in total. The Labute approximate surface area is 274 Å². The van der Waals surface area contributed by atoms with E-state index in [1.165, 1.54) is 7.11 Å². The summed E-state index contributed by atoms with van der Waals surface area (Å²) in [4.78, 5) is 37.8. The van der Waals surface area contributed by atoms with Gasteiger partial charge in [0.15, 0.2) is 0 Å². The van der Waals surface area contributed by atoms with Crippen LogP contribution in [0.5, 0.6) is 5.75 Å². The molecule has 248 valence electrons.